The van der Waals surface area contributed by atoms with Crippen molar-refractivity contribution < 1.29 is 4.79 Å². The lowest BCUT2D eigenvalue weighted by molar-refractivity contribution is -0.130. The molecule has 5 heteroatoms. The Kier molecular flexibility index (Phi) is 3.27. The zero-order valence-electron chi connectivity index (χ0n) is 9.60. The van der Waals surface area contributed by atoms with E-state index in [0.717, 1.165) is 13.0 Å². The highest BCUT2D eigenvalue weighted by atomic mass is 16.2. The molecule has 4 N–H and O–H groups in total. The summed E-state index contributed by atoms with van der Waals surface area (Å²) in [4.78, 5) is 17.3. The monoisotopic (exact) mass is 232 g/mol. The molecule has 0 saturated carbocycles. The Balaban J connectivity index is 2.02. The SMILES string of the molecule is NC(N)=NCC(=O)N1CCc2ccccc2C1. The molecule has 0 atom stereocenters. The first kappa shape index (κ1) is 11.4. The van der Waals surface area contributed by atoms with Crippen molar-refractivity contribution in [3.05, 3.63) is 35.4 Å². The van der Waals surface area contributed by atoms with Gasteiger partial charge >= 0.3 is 0 Å². The van der Waals surface area contributed by atoms with Crippen LogP contribution in [0.1, 0.15) is 11.1 Å². The summed E-state index contributed by atoms with van der Waals surface area (Å²) in [5, 5.41) is 0. The van der Waals surface area contributed by atoms with Gasteiger partial charge in [0, 0.05) is 13.1 Å². The molecule has 1 aliphatic heterocycles. The van der Waals surface area contributed by atoms with E-state index in [9.17, 15) is 4.79 Å². The Morgan fingerprint density at radius 2 is 2.00 bits per heavy atom. The number of fused-ring (bicyclic) bond motifs is 1. The lowest BCUT2D eigenvalue weighted by Crippen LogP contribution is -2.38. The lowest BCUT2D eigenvalue weighted by Gasteiger charge is -2.28. The van der Waals surface area contributed by atoms with Crippen LogP contribution in [0.15, 0.2) is 29.3 Å². The van der Waals surface area contributed by atoms with Gasteiger partial charge in [-0.25, -0.2) is 4.99 Å². The second-order valence-corrected chi connectivity index (χ2v) is 4.08. The van der Waals surface area contributed by atoms with E-state index in [4.69, 9.17) is 11.5 Å². The number of carbonyl (C=O) groups excluding carboxylic acids is 1. The summed E-state index contributed by atoms with van der Waals surface area (Å²) in [5.74, 6) is -0.0799. The average molecular weight is 232 g/mol. The number of nitrogens with zero attached hydrogens (tertiary/aromatic N) is 2. The maximum atomic E-state index is 11.8. The fourth-order valence-corrected chi connectivity index (χ4v) is 1.97. The molecule has 1 aromatic rings. The Morgan fingerprint density at radius 1 is 1.29 bits per heavy atom. The molecule has 0 aromatic heterocycles. The molecular formula is C12H16N4O. The van der Waals surface area contributed by atoms with Gasteiger partial charge in [-0.1, -0.05) is 24.3 Å². The number of benzene rings is 1. The molecule has 0 bridgehead atoms. The van der Waals surface area contributed by atoms with Gasteiger partial charge in [-0.3, -0.25) is 4.79 Å². The minimum Gasteiger partial charge on any atom is -0.370 e. The van der Waals surface area contributed by atoms with Crippen molar-refractivity contribution >= 4 is 11.9 Å². The maximum Gasteiger partial charge on any atom is 0.244 e. The van der Waals surface area contributed by atoms with E-state index >= 15 is 0 Å². The third kappa shape index (κ3) is 2.75. The Hall–Kier alpha value is -2.04. The smallest absolute Gasteiger partial charge is 0.244 e. The van der Waals surface area contributed by atoms with Crippen molar-refractivity contribution in [2.75, 3.05) is 13.1 Å². The van der Waals surface area contributed by atoms with Crippen molar-refractivity contribution in [2.24, 2.45) is 16.5 Å². The number of aliphatic imine (C=N–C) groups is 1. The summed E-state index contributed by atoms with van der Waals surface area (Å²) in [7, 11) is 0. The Bertz CT molecular complexity index is 452. The number of hydrogen-bond donors (Lipinski definition) is 2. The molecule has 0 radical (unpaired) electrons. The molecule has 1 heterocycles. The van der Waals surface area contributed by atoms with Gasteiger partial charge in [0.25, 0.3) is 0 Å². The number of rotatable bonds is 2. The largest absolute Gasteiger partial charge is 0.370 e. The van der Waals surface area contributed by atoms with Crippen LogP contribution in [0.2, 0.25) is 0 Å². The molecule has 0 saturated heterocycles. The molecule has 0 spiro atoms. The van der Waals surface area contributed by atoms with Crippen LogP contribution in [0.5, 0.6) is 0 Å². The number of amides is 1. The summed E-state index contributed by atoms with van der Waals surface area (Å²) in [6.45, 7) is 1.41. The topological polar surface area (TPSA) is 84.7 Å². The van der Waals surface area contributed by atoms with E-state index in [-0.39, 0.29) is 18.4 Å². The second-order valence-electron chi connectivity index (χ2n) is 4.08. The van der Waals surface area contributed by atoms with Crippen molar-refractivity contribution in [2.45, 2.75) is 13.0 Å². The van der Waals surface area contributed by atoms with E-state index in [1.165, 1.54) is 11.1 Å². The minimum atomic E-state index is -0.0456. The molecule has 2 rings (SSSR count). The van der Waals surface area contributed by atoms with Gasteiger partial charge in [-0.05, 0) is 17.5 Å². The van der Waals surface area contributed by atoms with Crippen LogP contribution < -0.4 is 11.5 Å². The van der Waals surface area contributed by atoms with E-state index in [2.05, 4.69) is 17.1 Å². The quantitative estimate of drug-likeness (QED) is 0.549. The number of nitrogens with two attached hydrogens (primary N) is 2. The van der Waals surface area contributed by atoms with Gasteiger partial charge in [0.15, 0.2) is 5.96 Å². The predicted octanol–water partition coefficient (Wildman–Crippen LogP) is -0.155. The van der Waals surface area contributed by atoms with Gasteiger partial charge < -0.3 is 16.4 Å². The normalized spacial score (nSPS) is 14.0. The van der Waals surface area contributed by atoms with Crippen LogP contribution in [0.3, 0.4) is 0 Å². The molecule has 1 aliphatic rings. The fraction of sp³-hybridized carbons (Fsp3) is 0.333. The standard InChI is InChI=1S/C12H16N4O/c13-12(14)15-7-11(17)16-6-5-9-3-1-2-4-10(9)8-16/h1-4H,5-8H2,(H4,13,14,15). The number of guanidine groups is 1. The fourth-order valence-electron chi connectivity index (χ4n) is 1.97. The molecule has 0 aliphatic carbocycles. The first-order valence-corrected chi connectivity index (χ1v) is 5.57. The zero-order chi connectivity index (χ0) is 12.3. The van der Waals surface area contributed by atoms with E-state index in [1.807, 2.05) is 12.1 Å². The van der Waals surface area contributed by atoms with Gasteiger partial charge in [-0.2, -0.15) is 0 Å². The summed E-state index contributed by atoms with van der Waals surface area (Å²) in [6.07, 6.45) is 0.893. The molecular weight excluding hydrogens is 216 g/mol. The summed E-state index contributed by atoms with van der Waals surface area (Å²) < 4.78 is 0. The number of hydrogen-bond acceptors (Lipinski definition) is 2. The molecule has 1 aromatic carbocycles. The van der Waals surface area contributed by atoms with E-state index < -0.39 is 0 Å². The third-order valence-electron chi connectivity index (χ3n) is 2.88. The molecule has 90 valence electrons. The first-order valence-electron chi connectivity index (χ1n) is 5.57. The summed E-state index contributed by atoms with van der Waals surface area (Å²) in [5.41, 5.74) is 12.9. The number of carbonyl (C=O) groups is 1. The second kappa shape index (κ2) is 4.86. The highest BCUT2D eigenvalue weighted by Crippen LogP contribution is 2.18. The molecule has 0 unspecified atom stereocenters. The first-order chi connectivity index (χ1) is 8.16. The summed E-state index contributed by atoms with van der Waals surface area (Å²) >= 11 is 0. The van der Waals surface area contributed by atoms with Crippen molar-refractivity contribution in [3.8, 4) is 0 Å². The highest BCUT2D eigenvalue weighted by Gasteiger charge is 2.19. The van der Waals surface area contributed by atoms with Crippen molar-refractivity contribution in [1.82, 2.24) is 4.90 Å². The van der Waals surface area contributed by atoms with Gasteiger partial charge in [0.1, 0.15) is 6.54 Å². The third-order valence-corrected chi connectivity index (χ3v) is 2.88. The highest BCUT2D eigenvalue weighted by molar-refractivity contribution is 5.83. The van der Waals surface area contributed by atoms with Crippen LogP contribution >= 0.6 is 0 Å². The van der Waals surface area contributed by atoms with E-state index in [1.54, 1.807) is 4.90 Å². The minimum absolute atomic E-state index is 0.0322. The maximum absolute atomic E-state index is 11.8. The van der Waals surface area contributed by atoms with Crippen LogP contribution in [0.4, 0.5) is 0 Å². The predicted molar refractivity (Wildman–Crippen MR) is 66.2 cm³/mol. The molecule has 5 nitrogen and oxygen atoms in total. The zero-order valence-corrected chi connectivity index (χ0v) is 9.60. The summed E-state index contributed by atoms with van der Waals surface area (Å²) in [6, 6.07) is 8.17. The van der Waals surface area contributed by atoms with Gasteiger partial charge in [0.2, 0.25) is 5.91 Å². The molecule has 0 fully saturated rings. The van der Waals surface area contributed by atoms with Crippen LogP contribution in [-0.2, 0) is 17.8 Å². The lowest BCUT2D eigenvalue weighted by atomic mass is 10.00. The Morgan fingerprint density at radius 3 is 2.71 bits per heavy atom. The van der Waals surface area contributed by atoms with Crippen molar-refractivity contribution in [3.63, 3.8) is 0 Å². The van der Waals surface area contributed by atoms with Crippen molar-refractivity contribution in [1.29, 1.82) is 0 Å². The average Bonchev–Trinajstić information content (AvgIpc) is 2.35. The van der Waals surface area contributed by atoms with E-state index in [0.29, 0.717) is 6.54 Å². The van der Waals surface area contributed by atoms with Crippen LogP contribution in [0, 0.1) is 0 Å². The van der Waals surface area contributed by atoms with Crippen LogP contribution in [-0.4, -0.2) is 29.9 Å². The molecule has 1 amide bonds. The van der Waals surface area contributed by atoms with Crippen LogP contribution in [0.25, 0.3) is 0 Å². The van der Waals surface area contributed by atoms with Gasteiger partial charge in [0.05, 0.1) is 0 Å². The molecule has 17 heavy (non-hydrogen) atoms. The Labute approximate surface area is 100 Å². The van der Waals surface area contributed by atoms with Gasteiger partial charge in [-0.15, -0.1) is 0 Å².